The van der Waals surface area contributed by atoms with Crippen LogP contribution in [0.15, 0.2) is 36.5 Å². The van der Waals surface area contributed by atoms with Crippen molar-refractivity contribution in [1.29, 1.82) is 0 Å². The van der Waals surface area contributed by atoms with Crippen molar-refractivity contribution in [2.75, 3.05) is 7.11 Å². The Morgan fingerprint density at radius 2 is 1.79 bits per heavy atom. The largest absolute Gasteiger partial charge is 0.481 e. The molecule has 7 atom stereocenters. The Kier molecular flexibility index (Phi) is 11.3. The number of aliphatic hydroxyl groups is 1. The van der Waals surface area contributed by atoms with Gasteiger partial charge in [-0.15, -0.1) is 6.58 Å². The van der Waals surface area contributed by atoms with Crippen molar-refractivity contribution in [3.8, 4) is 0 Å². The van der Waals surface area contributed by atoms with Crippen LogP contribution in [-0.2, 0) is 23.8 Å². The van der Waals surface area contributed by atoms with E-state index in [-0.39, 0.29) is 30.7 Å². The van der Waals surface area contributed by atoms with Gasteiger partial charge in [-0.2, -0.15) is 0 Å². The van der Waals surface area contributed by atoms with E-state index in [0.717, 1.165) is 31.3 Å². The van der Waals surface area contributed by atoms with E-state index >= 15 is 0 Å². The van der Waals surface area contributed by atoms with Crippen LogP contribution >= 0.6 is 0 Å². The van der Waals surface area contributed by atoms with Crippen LogP contribution in [0.3, 0.4) is 0 Å². The number of hydrogen-bond acceptors (Lipinski definition) is 6. The zero-order valence-electron chi connectivity index (χ0n) is 20.2. The van der Waals surface area contributed by atoms with Crippen LogP contribution in [0.2, 0.25) is 0 Å². The molecule has 0 spiro atoms. The number of allylic oxidation sites excluding steroid dienone is 1. The Labute approximate surface area is 197 Å². The summed E-state index contributed by atoms with van der Waals surface area (Å²) in [6.45, 7) is 7.75. The molecule has 2 rings (SSSR count). The van der Waals surface area contributed by atoms with Crippen molar-refractivity contribution in [3.05, 3.63) is 36.5 Å². The lowest BCUT2D eigenvalue weighted by molar-refractivity contribution is -0.144. The van der Waals surface area contributed by atoms with Crippen LogP contribution in [0.1, 0.15) is 65.2 Å². The summed E-state index contributed by atoms with van der Waals surface area (Å²) in [4.78, 5) is 22.9. The van der Waals surface area contributed by atoms with Crippen molar-refractivity contribution in [1.82, 2.24) is 0 Å². The summed E-state index contributed by atoms with van der Waals surface area (Å²) in [5.41, 5.74) is 0.867. The minimum atomic E-state index is -0.913. The number of hydrogen-bond donors (Lipinski definition) is 2. The molecule has 7 nitrogen and oxygen atoms in total. The number of carboxylic acids is 1. The summed E-state index contributed by atoms with van der Waals surface area (Å²) < 4.78 is 17.2. The average molecular weight is 465 g/mol. The summed E-state index contributed by atoms with van der Waals surface area (Å²) in [5, 5.41) is 19.0. The number of aliphatic hydroxyl groups excluding tert-OH is 1. The molecule has 2 fully saturated rings. The van der Waals surface area contributed by atoms with E-state index in [1.54, 1.807) is 6.08 Å². The van der Waals surface area contributed by atoms with E-state index in [0.29, 0.717) is 25.2 Å². The first-order valence-electron chi connectivity index (χ1n) is 12.0. The molecule has 0 aromatic carbocycles. The first kappa shape index (κ1) is 27.3. The number of carbonyl (C=O) groups excluding carboxylic acids is 1. The molecular weight excluding hydrogens is 424 g/mol. The Bertz CT molecular complexity index is 713. The van der Waals surface area contributed by atoms with Crippen LogP contribution in [0, 0.1) is 11.8 Å². The quantitative estimate of drug-likeness (QED) is 0.268. The third-order valence-electron chi connectivity index (χ3n) is 6.41. The van der Waals surface area contributed by atoms with Gasteiger partial charge in [-0.25, -0.2) is 4.79 Å². The predicted molar refractivity (Wildman–Crippen MR) is 126 cm³/mol. The van der Waals surface area contributed by atoms with Gasteiger partial charge in [-0.1, -0.05) is 37.6 Å². The molecule has 2 N–H and O–H groups in total. The maximum absolute atomic E-state index is 11.7. The third-order valence-corrected chi connectivity index (χ3v) is 6.41. The molecule has 2 heterocycles. The number of aliphatic carboxylic acids is 1. The summed E-state index contributed by atoms with van der Waals surface area (Å²) >= 11 is 0. The maximum atomic E-state index is 11.7. The fourth-order valence-corrected chi connectivity index (χ4v) is 4.64. The Balaban J connectivity index is 1.92. The molecule has 7 heteroatoms. The standard InChI is InChI=1S/C26H40O7/c1-5-24(27)18(3)10-9-17(2)11-20-7-6-8-21(32-20)15-22-12-19(14-26(30)31-4)13-23(33-22)16-25(28)29/h5,9-10,14,17-18,20-24,27H,1,6-8,11-13,15-16H2,2-4H3,(H,28,29)/b10-9+,19-14-/t17-,18-,20+,21-,22+,23-,24-/m0/s1. The molecule has 33 heavy (non-hydrogen) atoms. The highest BCUT2D eigenvalue weighted by Gasteiger charge is 2.32. The van der Waals surface area contributed by atoms with Gasteiger partial charge in [0.2, 0.25) is 0 Å². The molecule has 0 radical (unpaired) electrons. The van der Waals surface area contributed by atoms with Crippen molar-refractivity contribution in [2.45, 2.75) is 95.7 Å². The highest BCUT2D eigenvalue weighted by atomic mass is 16.5. The third kappa shape index (κ3) is 9.82. The van der Waals surface area contributed by atoms with Gasteiger partial charge in [0.15, 0.2) is 0 Å². The van der Waals surface area contributed by atoms with Gasteiger partial charge in [-0.3, -0.25) is 4.79 Å². The molecule has 186 valence electrons. The highest BCUT2D eigenvalue weighted by Crippen LogP contribution is 2.33. The van der Waals surface area contributed by atoms with Crippen molar-refractivity contribution in [3.63, 3.8) is 0 Å². The van der Waals surface area contributed by atoms with Crippen LogP contribution in [0.5, 0.6) is 0 Å². The molecule has 2 saturated heterocycles. The zero-order chi connectivity index (χ0) is 24.4. The fourth-order valence-electron chi connectivity index (χ4n) is 4.64. The number of carbonyl (C=O) groups is 2. The lowest BCUT2D eigenvalue weighted by Gasteiger charge is -2.36. The van der Waals surface area contributed by atoms with Crippen molar-refractivity contribution in [2.24, 2.45) is 11.8 Å². The molecule has 0 amide bonds. The molecule has 0 aliphatic carbocycles. The number of carboxylic acid groups (broad SMARTS) is 1. The van der Waals surface area contributed by atoms with Crippen LogP contribution in [0.25, 0.3) is 0 Å². The van der Waals surface area contributed by atoms with Crippen LogP contribution < -0.4 is 0 Å². The monoisotopic (exact) mass is 464 g/mol. The minimum absolute atomic E-state index is 0.0272. The van der Waals surface area contributed by atoms with E-state index in [9.17, 15) is 19.8 Å². The first-order valence-corrected chi connectivity index (χ1v) is 12.0. The first-order chi connectivity index (χ1) is 15.7. The highest BCUT2D eigenvalue weighted by molar-refractivity contribution is 5.82. The number of ether oxygens (including phenoxy) is 3. The van der Waals surface area contributed by atoms with Crippen LogP contribution in [0.4, 0.5) is 0 Å². The molecule has 0 bridgehead atoms. The number of methoxy groups -OCH3 is 1. The summed E-state index contributed by atoms with van der Waals surface area (Å²) in [6.07, 6.45) is 11.8. The predicted octanol–water partition coefficient (Wildman–Crippen LogP) is 4.20. The second-order valence-corrected chi connectivity index (χ2v) is 9.44. The molecule has 2 aliphatic heterocycles. The maximum Gasteiger partial charge on any atom is 0.330 e. The molecule has 0 aromatic rings. The number of rotatable bonds is 11. The van der Waals surface area contributed by atoms with Crippen molar-refractivity contribution < 1.29 is 34.0 Å². The Hall–Kier alpha value is -1.96. The normalized spacial score (nSPS) is 30.0. The summed E-state index contributed by atoms with van der Waals surface area (Å²) in [6, 6.07) is 0. The lowest BCUT2D eigenvalue weighted by Crippen LogP contribution is -2.36. The van der Waals surface area contributed by atoms with Crippen LogP contribution in [-0.4, -0.2) is 59.8 Å². The van der Waals surface area contributed by atoms with Gasteiger partial charge in [0, 0.05) is 18.4 Å². The molecule has 2 aliphatic rings. The van der Waals surface area contributed by atoms with Gasteiger partial charge < -0.3 is 24.4 Å². The second kappa shape index (κ2) is 13.7. The van der Waals surface area contributed by atoms with Gasteiger partial charge in [0.1, 0.15) is 0 Å². The molecular formula is C26H40O7. The summed E-state index contributed by atoms with van der Waals surface area (Å²) in [5.74, 6) is -0.984. The van der Waals surface area contributed by atoms with E-state index < -0.39 is 24.1 Å². The van der Waals surface area contributed by atoms with Gasteiger partial charge in [-0.05, 0) is 44.4 Å². The SMILES string of the molecule is C=C[C@H](O)[C@@H](C)/C=C/[C@H](C)C[C@H]1CCC[C@@H](C[C@H]2C/C(=C/C(=O)OC)C[C@@H](CC(=O)O)O2)O1. The Morgan fingerprint density at radius 3 is 2.45 bits per heavy atom. The van der Waals surface area contributed by atoms with E-state index in [4.69, 9.17) is 14.2 Å². The minimum Gasteiger partial charge on any atom is -0.481 e. The smallest absolute Gasteiger partial charge is 0.330 e. The van der Waals surface area contributed by atoms with Gasteiger partial charge in [0.05, 0.1) is 44.1 Å². The zero-order valence-corrected chi connectivity index (χ0v) is 20.2. The summed E-state index contributed by atoms with van der Waals surface area (Å²) in [7, 11) is 1.33. The van der Waals surface area contributed by atoms with Gasteiger partial charge >= 0.3 is 11.9 Å². The molecule has 0 unspecified atom stereocenters. The number of esters is 1. The van der Waals surface area contributed by atoms with E-state index in [1.807, 2.05) is 13.0 Å². The second-order valence-electron chi connectivity index (χ2n) is 9.44. The molecule has 0 aromatic heterocycles. The van der Waals surface area contributed by atoms with Gasteiger partial charge in [0.25, 0.3) is 0 Å². The average Bonchev–Trinajstić information content (AvgIpc) is 2.76. The topological polar surface area (TPSA) is 102 Å². The van der Waals surface area contributed by atoms with E-state index in [1.165, 1.54) is 13.2 Å². The van der Waals surface area contributed by atoms with E-state index in [2.05, 4.69) is 19.6 Å². The molecule has 0 saturated carbocycles. The Morgan fingerprint density at radius 1 is 1.12 bits per heavy atom. The lowest BCUT2D eigenvalue weighted by atomic mass is 9.90. The fraction of sp³-hybridized carbons (Fsp3) is 0.692. The van der Waals surface area contributed by atoms with Crippen molar-refractivity contribution >= 4 is 11.9 Å².